The van der Waals surface area contributed by atoms with E-state index < -0.39 is 6.17 Å². The standard InChI is InChI=1S/C19H37F/c1-6-9-14(3)10-8-11-17-12-18(15(4)7-2)19(13-17)16(5)20/h14-19H,6-13H2,1-5H3. The van der Waals surface area contributed by atoms with Gasteiger partial charge in [-0.15, -0.1) is 0 Å². The Bertz CT molecular complexity index is 248. The maximum absolute atomic E-state index is 13.9. The van der Waals surface area contributed by atoms with Crippen molar-refractivity contribution < 1.29 is 4.39 Å². The van der Waals surface area contributed by atoms with Crippen LogP contribution in [-0.4, -0.2) is 6.17 Å². The number of hydrogen-bond acceptors (Lipinski definition) is 0. The molecule has 0 N–H and O–H groups in total. The number of alkyl halides is 1. The summed E-state index contributed by atoms with van der Waals surface area (Å²) in [7, 11) is 0. The molecule has 6 unspecified atom stereocenters. The lowest BCUT2D eigenvalue weighted by Crippen LogP contribution is -2.22. The van der Waals surface area contributed by atoms with Gasteiger partial charge in [0, 0.05) is 0 Å². The molecule has 6 atom stereocenters. The molecule has 0 saturated heterocycles. The van der Waals surface area contributed by atoms with Crippen molar-refractivity contribution in [2.45, 2.75) is 92.2 Å². The summed E-state index contributed by atoms with van der Waals surface area (Å²) in [5.74, 6) is 3.34. The van der Waals surface area contributed by atoms with E-state index in [1.807, 2.05) is 0 Å². The normalized spacial score (nSPS) is 31.2. The number of hydrogen-bond donors (Lipinski definition) is 0. The fraction of sp³-hybridized carbons (Fsp3) is 1.00. The summed E-state index contributed by atoms with van der Waals surface area (Å²) >= 11 is 0. The Kier molecular flexibility index (Phi) is 8.14. The van der Waals surface area contributed by atoms with Crippen molar-refractivity contribution in [3.8, 4) is 0 Å². The molecule has 20 heavy (non-hydrogen) atoms. The summed E-state index contributed by atoms with van der Waals surface area (Å²) in [6.45, 7) is 11.0. The Morgan fingerprint density at radius 3 is 2.20 bits per heavy atom. The van der Waals surface area contributed by atoms with Crippen LogP contribution in [0.5, 0.6) is 0 Å². The second kappa shape index (κ2) is 9.05. The fourth-order valence-corrected chi connectivity index (χ4v) is 4.33. The number of rotatable bonds is 9. The summed E-state index contributed by atoms with van der Waals surface area (Å²) in [6.07, 6.45) is 9.76. The van der Waals surface area contributed by atoms with Crippen LogP contribution in [0, 0.1) is 29.6 Å². The second-order valence-electron chi connectivity index (χ2n) is 7.55. The molecule has 120 valence electrons. The first-order valence-corrected chi connectivity index (χ1v) is 9.13. The van der Waals surface area contributed by atoms with Gasteiger partial charge < -0.3 is 0 Å². The van der Waals surface area contributed by atoms with Crippen LogP contribution in [0.1, 0.15) is 86.0 Å². The Morgan fingerprint density at radius 2 is 1.65 bits per heavy atom. The molecule has 0 heterocycles. The fourth-order valence-electron chi connectivity index (χ4n) is 4.33. The van der Waals surface area contributed by atoms with Crippen LogP contribution in [0.2, 0.25) is 0 Å². The molecular weight excluding hydrogens is 247 g/mol. The lowest BCUT2D eigenvalue weighted by Gasteiger charge is -2.25. The summed E-state index contributed by atoms with van der Waals surface area (Å²) in [5, 5.41) is 0. The van der Waals surface area contributed by atoms with Gasteiger partial charge in [-0.05, 0) is 49.4 Å². The van der Waals surface area contributed by atoms with Crippen LogP contribution in [-0.2, 0) is 0 Å². The molecule has 0 aliphatic heterocycles. The summed E-state index contributed by atoms with van der Waals surface area (Å²) in [5.41, 5.74) is 0. The smallest absolute Gasteiger partial charge is 0.100 e. The Balaban J connectivity index is 2.38. The molecule has 1 heteroatoms. The van der Waals surface area contributed by atoms with Crippen molar-refractivity contribution >= 4 is 0 Å². The van der Waals surface area contributed by atoms with Gasteiger partial charge in [0.1, 0.15) is 6.17 Å². The molecule has 0 nitrogen and oxygen atoms in total. The van der Waals surface area contributed by atoms with Crippen molar-refractivity contribution in [2.75, 3.05) is 0 Å². The van der Waals surface area contributed by atoms with Gasteiger partial charge in [0.15, 0.2) is 0 Å². The van der Waals surface area contributed by atoms with E-state index >= 15 is 0 Å². The van der Waals surface area contributed by atoms with Crippen LogP contribution in [0.15, 0.2) is 0 Å². The highest BCUT2D eigenvalue weighted by Gasteiger charge is 2.39. The van der Waals surface area contributed by atoms with Crippen LogP contribution in [0.25, 0.3) is 0 Å². The third-order valence-corrected chi connectivity index (χ3v) is 5.82. The van der Waals surface area contributed by atoms with Crippen LogP contribution < -0.4 is 0 Å². The summed E-state index contributed by atoms with van der Waals surface area (Å²) in [6, 6.07) is 0. The zero-order valence-electron chi connectivity index (χ0n) is 14.5. The van der Waals surface area contributed by atoms with E-state index in [0.717, 1.165) is 18.3 Å². The zero-order chi connectivity index (χ0) is 15.1. The van der Waals surface area contributed by atoms with Crippen molar-refractivity contribution in [3.63, 3.8) is 0 Å². The van der Waals surface area contributed by atoms with E-state index in [1.54, 1.807) is 6.92 Å². The second-order valence-corrected chi connectivity index (χ2v) is 7.55. The number of halogens is 1. The molecule has 0 aromatic rings. The van der Waals surface area contributed by atoms with E-state index in [1.165, 1.54) is 44.9 Å². The van der Waals surface area contributed by atoms with Gasteiger partial charge in [-0.3, -0.25) is 0 Å². The first kappa shape index (κ1) is 18.0. The van der Waals surface area contributed by atoms with E-state index in [0.29, 0.717) is 17.8 Å². The molecule has 0 bridgehead atoms. The molecule has 0 aromatic heterocycles. The molecule has 1 saturated carbocycles. The third kappa shape index (κ3) is 5.37. The van der Waals surface area contributed by atoms with Gasteiger partial charge in [-0.1, -0.05) is 66.2 Å². The first-order valence-electron chi connectivity index (χ1n) is 9.13. The molecule has 0 aromatic carbocycles. The molecule has 0 spiro atoms. The maximum Gasteiger partial charge on any atom is 0.100 e. The van der Waals surface area contributed by atoms with Crippen LogP contribution in [0.3, 0.4) is 0 Å². The molecular formula is C19H37F. The third-order valence-electron chi connectivity index (χ3n) is 5.82. The minimum absolute atomic E-state index is 0.336. The quantitative estimate of drug-likeness (QED) is 0.445. The van der Waals surface area contributed by atoms with E-state index in [4.69, 9.17) is 0 Å². The van der Waals surface area contributed by atoms with Gasteiger partial charge >= 0.3 is 0 Å². The monoisotopic (exact) mass is 284 g/mol. The minimum Gasteiger partial charge on any atom is -0.247 e. The van der Waals surface area contributed by atoms with Gasteiger partial charge in [0.25, 0.3) is 0 Å². The lowest BCUT2D eigenvalue weighted by molar-refractivity contribution is 0.163. The molecule has 0 amide bonds. The van der Waals surface area contributed by atoms with E-state index in [2.05, 4.69) is 27.7 Å². The Labute approximate surface area is 126 Å². The van der Waals surface area contributed by atoms with E-state index in [-0.39, 0.29) is 0 Å². The topological polar surface area (TPSA) is 0 Å². The maximum atomic E-state index is 13.9. The summed E-state index contributed by atoms with van der Waals surface area (Å²) < 4.78 is 13.9. The van der Waals surface area contributed by atoms with Gasteiger partial charge in [0.2, 0.25) is 0 Å². The SMILES string of the molecule is CCCC(C)CCCC1CC(C(C)F)C(C(C)CC)C1. The van der Waals surface area contributed by atoms with Crippen LogP contribution >= 0.6 is 0 Å². The van der Waals surface area contributed by atoms with Crippen molar-refractivity contribution in [3.05, 3.63) is 0 Å². The van der Waals surface area contributed by atoms with Crippen LogP contribution in [0.4, 0.5) is 4.39 Å². The molecule has 1 aliphatic carbocycles. The molecule has 1 rings (SSSR count). The Morgan fingerprint density at radius 1 is 1.00 bits per heavy atom. The predicted molar refractivity (Wildman–Crippen MR) is 87.7 cm³/mol. The van der Waals surface area contributed by atoms with Gasteiger partial charge in [-0.25, -0.2) is 4.39 Å². The highest BCUT2D eigenvalue weighted by atomic mass is 19.1. The van der Waals surface area contributed by atoms with Gasteiger partial charge in [-0.2, -0.15) is 0 Å². The summed E-state index contributed by atoms with van der Waals surface area (Å²) in [4.78, 5) is 0. The molecule has 0 radical (unpaired) electrons. The zero-order valence-corrected chi connectivity index (χ0v) is 14.5. The lowest BCUT2D eigenvalue weighted by atomic mass is 9.81. The van der Waals surface area contributed by atoms with Crippen molar-refractivity contribution in [2.24, 2.45) is 29.6 Å². The average Bonchev–Trinajstić information content (AvgIpc) is 2.82. The first-order chi connectivity index (χ1) is 9.49. The van der Waals surface area contributed by atoms with Crippen molar-refractivity contribution in [1.29, 1.82) is 0 Å². The molecule has 1 aliphatic rings. The highest BCUT2D eigenvalue weighted by molar-refractivity contribution is 4.88. The van der Waals surface area contributed by atoms with Crippen molar-refractivity contribution in [1.82, 2.24) is 0 Å². The minimum atomic E-state index is -0.613. The molecule has 1 fully saturated rings. The average molecular weight is 285 g/mol. The van der Waals surface area contributed by atoms with E-state index in [9.17, 15) is 4.39 Å². The highest BCUT2D eigenvalue weighted by Crippen LogP contribution is 2.45. The predicted octanol–water partition coefficient (Wildman–Crippen LogP) is 6.64. The van der Waals surface area contributed by atoms with Gasteiger partial charge in [0.05, 0.1) is 0 Å². The largest absolute Gasteiger partial charge is 0.247 e. The Hall–Kier alpha value is -0.0700.